The highest BCUT2D eigenvalue weighted by Gasteiger charge is 2.30. The summed E-state index contributed by atoms with van der Waals surface area (Å²) in [6.07, 6.45) is -1.35. The van der Waals surface area contributed by atoms with Gasteiger partial charge in [-0.25, -0.2) is 4.68 Å². The first-order valence-corrected chi connectivity index (χ1v) is 9.45. The van der Waals surface area contributed by atoms with Crippen LogP contribution in [0.4, 0.5) is 19.0 Å². The summed E-state index contributed by atoms with van der Waals surface area (Å²) >= 11 is 0. The topological polar surface area (TPSA) is 29.9 Å². The van der Waals surface area contributed by atoms with Crippen molar-refractivity contribution < 1.29 is 13.2 Å². The van der Waals surface area contributed by atoms with Crippen LogP contribution in [0.25, 0.3) is 16.9 Å². The van der Waals surface area contributed by atoms with Gasteiger partial charge in [0.2, 0.25) is 0 Å². The highest BCUT2D eigenvalue weighted by atomic mass is 19.4. The molecule has 0 spiro atoms. The number of aromatic nitrogens is 2. The quantitative estimate of drug-likeness (QED) is 0.593. The maximum atomic E-state index is 12.9. The summed E-state index contributed by atoms with van der Waals surface area (Å²) < 4.78 is 40.5. The third-order valence-corrected chi connectivity index (χ3v) is 5.06. The van der Waals surface area contributed by atoms with Crippen LogP contribution < -0.4 is 5.32 Å². The zero-order chi connectivity index (χ0) is 19.9. The Labute approximate surface area is 162 Å². The molecule has 1 N–H and O–H groups in total. The van der Waals surface area contributed by atoms with Crippen LogP contribution in [-0.2, 0) is 12.6 Å². The smallest absolute Gasteiger partial charge is 0.370 e. The van der Waals surface area contributed by atoms with Gasteiger partial charge in [-0.1, -0.05) is 17.2 Å². The fraction of sp³-hybridized carbons (Fsp3) is 0.318. The van der Waals surface area contributed by atoms with Crippen molar-refractivity contribution in [2.45, 2.75) is 39.3 Å². The van der Waals surface area contributed by atoms with Gasteiger partial charge in [0.25, 0.3) is 0 Å². The van der Waals surface area contributed by atoms with Crippen molar-refractivity contribution in [3.05, 3.63) is 64.7 Å². The van der Waals surface area contributed by atoms with E-state index in [4.69, 9.17) is 5.10 Å². The standard InChI is InChI=1S/C22H22F3N3/c1-14-11-15(2)13-16(12-14)20-19-5-3-4-10-26-21(19)28(27-20)18-8-6-17(7-9-18)22(23,24)25/h6-9,11-13,26H,3-5,10H2,1-2H3. The fourth-order valence-electron chi connectivity index (χ4n) is 3.82. The molecule has 0 fully saturated rings. The summed E-state index contributed by atoms with van der Waals surface area (Å²) in [6.45, 7) is 4.94. The van der Waals surface area contributed by atoms with E-state index in [1.807, 2.05) is 0 Å². The molecule has 0 amide bonds. The highest BCUT2D eigenvalue weighted by molar-refractivity contribution is 5.72. The number of nitrogens with one attached hydrogen (secondary N) is 1. The Morgan fingerprint density at radius 1 is 0.964 bits per heavy atom. The van der Waals surface area contributed by atoms with Gasteiger partial charge in [0, 0.05) is 17.7 Å². The first kappa shape index (κ1) is 18.6. The van der Waals surface area contributed by atoms with E-state index in [1.165, 1.54) is 12.1 Å². The van der Waals surface area contributed by atoms with Crippen LogP contribution in [0, 0.1) is 13.8 Å². The summed E-state index contributed by atoms with van der Waals surface area (Å²) in [5.74, 6) is 0.881. The van der Waals surface area contributed by atoms with Crippen LogP contribution in [0.15, 0.2) is 42.5 Å². The number of nitrogens with zero attached hydrogens (tertiary/aromatic N) is 2. The number of halogens is 3. The van der Waals surface area contributed by atoms with Crippen LogP contribution in [0.3, 0.4) is 0 Å². The number of rotatable bonds is 2. The highest BCUT2D eigenvalue weighted by Crippen LogP contribution is 2.35. The molecule has 2 aromatic carbocycles. The molecule has 0 atom stereocenters. The Bertz CT molecular complexity index is 981. The molecule has 0 bridgehead atoms. The van der Waals surface area contributed by atoms with Crippen molar-refractivity contribution in [1.29, 1.82) is 0 Å². The minimum atomic E-state index is -4.35. The zero-order valence-corrected chi connectivity index (χ0v) is 15.9. The molecule has 3 nitrogen and oxygen atoms in total. The van der Waals surface area contributed by atoms with Crippen molar-refractivity contribution in [3.8, 4) is 16.9 Å². The van der Waals surface area contributed by atoms with Gasteiger partial charge in [-0.05, 0) is 69.5 Å². The molecule has 0 radical (unpaired) electrons. The zero-order valence-electron chi connectivity index (χ0n) is 15.9. The SMILES string of the molecule is Cc1cc(C)cc(-c2nn(-c3ccc(C(F)(F)F)cc3)c3c2CCCCN3)c1. The lowest BCUT2D eigenvalue weighted by Crippen LogP contribution is -2.08. The molecule has 0 saturated carbocycles. The molecule has 1 aliphatic rings. The molecule has 4 rings (SSSR count). The number of anilines is 1. The second-order valence-corrected chi connectivity index (χ2v) is 7.39. The lowest BCUT2D eigenvalue weighted by molar-refractivity contribution is -0.137. The van der Waals surface area contributed by atoms with E-state index < -0.39 is 11.7 Å². The molecular weight excluding hydrogens is 363 g/mol. The minimum absolute atomic E-state index is 0.620. The Balaban J connectivity index is 1.85. The average molecular weight is 385 g/mol. The molecule has 1 aliphatic heterocycles. The Hall–Kier alpha value is -2.76. The summed E-state index contributed by atoms with van der Waals surface area (Å²) in [7, 11) is 0. The molecular formula is C22H22F3N3. The summed E-state index contributed by atoms with van der Waals surface area (Å²) in [4.78, 5) is 0. The molecule has 6 heteroatoms. The largest absolute Gasteiger partial charge is 0.416 e. The van der Waals surface area contributed by atoms with Gasteiger partial charge in [0.05, 0.1) is 16.9 Å². The number of hydrogen-bond donors (Lipinski definition) is 1. The molecule has 1 aromatic heterocycles. The fourth-order valence-corrected chi connectivity index (χ4v) is 3.82. The van der Waals surface area contributed by atoms with E-state index in [0.29, 0.717) is 5.69 Å². The average Bonchev–Trinajstić information content (AvgIpc) is 2.81. The number of fused-ring (bicyclic) bond motifs is 1. The molecule has 0 aliphatic carbocycles. The van der Waals surface area contributed by atoms with Crippen molar-refractivity contribution in [2.24, 2.45) is 0 Å². The Kier molecular flexibility index (Phi) is 4.65. The Morgan fingerprint density at radius 2 is 1.64 bits per heavy atom. The monoisotopic (exact) mass is 385 g/mol. The molecule has 3 aromatic rings. The lowest BCUT2D eigenvalue weighted by atomic mass is 10.00. The number of hydrogen-bond acceptors (Lipinski definition) is 2. The third-order valence-electron chi connectivity index (χ3n) is 5.06. The summed E-state index contributed by atoms with van der Waals surface area (Å²) in [6, 6.07) is 11.5. The van der Waals surface area contributed by atoms with E-state index >= 15 is 0 Å². The van der Waals surface area contributed by atoms with E-state index in [2.05, 4.69) is 37.4 Å². The van der Waals surface area contributed by atoms with E-state index in [1.54, 1.807) is 4.68 Å². The normalized spacial score (nSPS) is 14.3. The predicted octanol–water partition coefficient (Wildman–Crippen LogP) is 5.92. The molecule has 28 heavy (non-hydrogen) atoms. The van der Waals surface area contributed by atoms with E-state index in [9.17, 15) is 13.2 Å². The third kappa shape index (κ3) is 3.51. The van der Waals surface area contributed by atoms with Crippen molar-refractivity contribution in [2.75, 3.05) is 11.9 Å². The van der Waals surface area contributed by atoms with Crippen LogP contribution in [0.1, 0.15) is 35.1 Å². The predicted molar refractivity (Wildman–Crippen MR) is 105 cm³/mol. The van der Waals surface area contributed by atoms with E-state index in [0.717, 1.165) is 71.7 Å². The Morgan fingerprint density at radius 3 is 2.29 bits per heavy atom. The minimum Gasteiger partial charge on any atom is -0.370 e. The van der Waals surface area contributed by atoms with Gasteiger partial charge in [-0.3, -0.25) is 0 Å². The number of aryl methyl sites for hydroxylation is 2. The summed E-state index contributed by atoms with van der Waals surface area (Å²) in [5.41, 5.74) is 5.36. The first-order valence-electron chi connectivity index (χ1n) is 9.45. The molecule has 0 unspecified atom stereocenters. The van der Waals surface area contributed by atoms with Crippen molar-refractivity contribution in [1.82, 2.24) is 9.78 Å². The number of alkyl halides is 3. The van der Waals surface area contributed by atoms with Gasteiger partial charge >= 0.3 is 6.18 Å². The van der Waals surface area contributed by atoms with Crippen LogP contribution >= 0.6 is 0 Å². The summed E-state index contributed by atoms with van der Waals surface area (Å²) in [5, 5.41) is 8.26. The molecule has 146 valence electrons. The van der Waals surface area contributed by atoms with Crippen LogP contribution in [0.5, 0.6) is 0 Å². The van der Waals surface area contributed by atoms with Crippen LogP contribution in [0.2, 0.25) is 0 Å². The van der Waals surface area contributed by atoms with Crippen molar-refractivity contribution >= 4 is 5.82 Å². The maximum absolute atomic E-state index is 12.9. The van der Waals surface area contributed by atoms with Gasteiger partial charge in [0.15, 0.2) is 0 Å². The second kappa shape index (κ2) is 7.00. The van der Waals surface area contributed by atoms with Crippen LogP contribution in [-0.4, -0.2) is 16.3 Å². The molecule has 0 saturated heterocycles. The van der Waals surface area contributed by atoms with E-state index in [-0.39, 0.29) is 0 Å². The van der Waals surface area contributed by atoms with Gasteiger partial charge in [-0.15, -0.1) is 0 Å². The van der Waals surface area contributed by atoms with Crippen molar-refractivity contribution in [3.63, 3.8) is 0 Å². The first-order chi connectivity index (χ1) is 13.3. The van der Waals surface area contributed by atoms with Gasteiger partial charge < -0.3 is 5.32 Å². The molecule has 2 heterocycles. The number of benzene rings is 2. The second-order valence-electron chi connectivity index (χ2n) is 7.39. The van der Waals surface area contributed by atoms with Gasteiger partial charge in [0.1, 0.15) is 5.82 Å². The van der Waals surface area contributed by atoms with Gasteiger partial charge in [-0.2, -0.15) is 18.3 Å². The lowest BCUT2D eigenvalue weighted by Gasteiger charge is -2.11. The maximum Gasteiger partial charge on any atom is 0.416 e.